The number of rotatable bonds is 5. The zero-order valence-electron chi connectivity index (χ0n) is 11.6. The largest absolute Gasteiger partial charge is 0.369 e. The molecule has 3 aromatic heterocycles. The summed E-state index contributed by atoms with van der Waals surface area (Å²) in [4.78, 5) is 11.1. The first kappa shape index (κ1) is 13.1. The van der Waals surface area contributed by atoms with Crippen LogP contribution in [0.3, 0.4) is 0 Å². The van der Waals surface area contributed by atoms with Crippen molar-refractivity contribution >= 4 is 27.4 Å². The summed E-state index contributed by atoms with van der Waals surface area (Å²) in [7, 11) is 1.93. The maximum atomic E-state index is 4.35. The van der Waals surface area contributed by atoms with Gasteiger partial charge >= 0.3 is 0 Å². The van der Waals surface area contributed by atoms with Crippen LogP contribution in [-0.4, -0.2) is 26.3 Å². The van der Waals surface area contributed by atoms with Gasteiger partial charge < -0.3 is 5.32 Å². The van der Waals surface area contributed by atoms with E-state index in [1.807, 2.05) is 24.1 Å². The minimum absolute atomic E-state index is 0.842. The van der Waals surface area contributed by atoms with Crippen molar-refractivity contribution < 1.29 is 0 Å². The maximum Gasteiger partial charge on any atom is 0.138 e. The number of hydrogen-bond donors (Lipinski definition) is 1. The zero-order chi connectivity index (χ0) is 13.9. The second kappa shape index (κ2) is 5.58. The molecule has 0 bridgehead atoms. The minimum atomic E-state index is 0.842. The Morgan fingerprint density at radius 3 is 3.00 bits per heavy atom. The van der Waals surface area contributed by atoms with Crippen LogP contribution >= 0.6 is 11.3 Å². The van der Waals surface area contributed by atoms with Crippen LogP contribution in [0.5, 0.6) is 0 Å². The van der Waals surface area contributed by atoms with Crippen LogP contribution in [0.4, 0.5) is 5.82 Å². The number of thiophene rings is 1. The molecule has 5 nitrogen and oxygen atoms in total. The maximum absolute atomic E-state index is 4.35. The second-order valence-corrected chi connectivity index (χ2v) is 5.82. The third-order valence-corrected chi connectivity index (χ3v) is 4.38. The van der Waals surface area contributed by atoms with Gasteiger partial charge in [0, 0.05) is 24.7 Å². The molecular formula is C14H17N5S. The van der Waals surface area contributed by atoms with E-state index >= 15 is 0 Å². The predicted molar refractivity (Wildman–Crippen MR) is 82.2 cm³/mol. The van der Waals surface area contributed by atoms with E-state index < -0.39 is 0 Å². The Bertz CT molecular complexity index is 715. The standard InChI is InChI=1S/C14H17N5S/c1-3-11-6-12-13(16-9-17-14(12)20-11)15-5-4-10-7-18-19(2)8-10/h6-9H,3-5H2,1-2H3,(H,15,16,17). The number of fused-ring (bicyclic) bond motifs is 1. The van der Waals surface area contributed by atoms with E-state index in [9.17, 15) is 0 Å². The number of hydrogen-bond acceptors (Lipinski definition) is 5. The second-order valence-electron chi connectivity index (χ2n) is 4.71. The summed E-state index contributed by atoms with van der Waals surface area (Å²) in [5, 5.41) is 8.70. The van der Waals surface area contributed by atoms with Gasteiger partial charge in [-0.25, -0.2) is 9.97 Å². The molecular weight excluding hydrogens is 270 g/mol. The van der Waals surface area contributed by atoms with Gasteiger partial charge in [0.05, 0.1) is 11.6 Å². The molecule has 20 heavy (non-hydrogen) atoms. The first-order valence-electron chi connectivity index (χ1n) is 6.71. The highest BCUT2D eigenvalue weighted by molar-refractivity contribution is 7.18. The average Bonchev–Trinajstić information content (AvgIpc) is 3.05. The third-order valence-electron chi connectivity index (χ3n) is 3.19. The average molecular weight is 287 g/mol. The molecule has 0 aliphatic carbocycles. The van der Waals surface area contributed by atoms with Crippen LogP contribution in [0.2, 0.25) is 0 Å². The van der Waals surface area contributed by atoms with Gasteiger partial charge in [-0.15, -0.1) is 11.3 Å². The highest BCUT2D eigenvalue weighted by atomic mass is 32.1. The molecule has 3 rings (SSSR count). The van der Waals surface area contributed by atoms with Gasteiger partial charge in [-0.2, -0.15) is 5.10 Å². The van der Waals surface area contributed by atoms with Gasteiger partial charge in [-0.05, 0) is 24.5 Å². The lowest BCUT2D eigenvalue weighted by Gasteiger charge is -2.04. The van der Waals surface area contributed by atoms with E-state index in [1.165, 1.54) is 10.4 Å². The number of nitrogens with one attached hydrogen (secondary N) is 1. The van der Waals surface area contributed by atoms with E-state index in [0.717, 1.165) is 35.4 Å². The summed E-state index contributed by atoms with van der Waals surface area (Å²) in [6.07, 6.45) is 7.54. The minimum Gasteiger partial charge on any atom is -0.369 e. The first-order valence-corrected chi connectivity index (χ1v) is 7.52. The summed E-state index contributed by atoms with van der Waals surface area (Å²) < 4.78 is 1.82. The Morgan fingerprint density at radius 2 is 2.25 bits per heavy atom. The normalized spacial score (nSPS) is 11.1. The van der Waals surface area contributed by atoms with Crippen molar-refractivity contribution in [2.24, 2.45) is 7.05 Å². The van der Waals surface area contributed by atoms with Crippen LogP contribution in [0.15, 0.2) is 24.8 Å². The molecule has 1 N–H and O–H groups in total. The molecule has 3 aromatic rings. The molecule has 0 spiro atoms. The Kier molecular flexibility index (Phi) is 3.64. The molecule has 0 saturated carbocycles. The van der Waals surface area contributed by atoms with Crippen molar-refractivity contribution in [2.75, 3.05) is 11.9 Å². The SMILES string of the molecule is CCc1cc2c(NCCc3cnn(C)c3)ncnc2s1. The van der Waals surface area contributed by atoms with Crippen molar-refractivity contribution in [3.8, 4) is 0 Å². The number of anilines is 1. The first-order chi connectivity index (χ1) is 9.76. The zero-order valence-corrected chi connectivity index (χ0v) is 12.4. The Morgan fingerprint density at radius 1 is 1.35 bits per heavy atom. The molecule has 0 aromatic carbocycles. The van der Waals surface area contributed by atoms with Gasteiger partial charge in [-0.1, -0.05) is 6.92 Å². The van der Waals surface area contributed by atoms with E-state index in [2.05, 4.69) is 33.4 Å². The molecule has 0 fully saturated rings. The van der Waals surface area contributed by atoms with Crippen molar-refractivity contribution in [1.82, 2.24) is 19.7 Å². The molecule has 6 heteroatoms. The van der Waals surface area contributed by atoms with E-state index in [1.54, 1.807) is 17.7 Å². The van der Waals surface area contributed by atoms with Gasteiger partial charge in [0.1, 0.15) is 17.0 Å². The smallest absolute Gasteiger partial charge is 0.138 e. The number of aryl methyl sites for hydroxylation is 2. The molecule has 0 radical (unpaired) electrons. The molecule has 0 atom stereocenters. The number of aromatic nitrogens is 4. The molecule has 0 amide bonds. The van der Waals surface area contributed by atoms with Crippen LogP contribution in [0.1, 0.15) is 17.4 Å². The molecule has 0 saturated heterocycles. The summed E-state index contributed by atoms with van der Waals surface area (Å²) in [5.41, 5.74) is 1.23. The highest BCUT2D eigenvalue weighted by Crippen LogP contribution is 2.28. The molecule has 3 heterocycles. The van der Waals surface area contributed by atoms with Crippen molar-refractivity contribution in [3.05, 3.63) is 35.2 Å². The Hall–Kier alpha value is -1.95. The third kappa shape index (κ3) is 2.65. The molecule has 0 unspecified atom stereocenters. The lowest BCUT2D eigenvalue weighted by Crippen LogP contribution is -2.06. The predicted octanol–water partition coefficient (Wildman–Crippen LogP) is 2.64. The van der Waals surface area contributed by atoms with Gasteiger partial charge in [0.25, 0.3) is 0 Å². The van der Waals surface area contributed by atoms with Gasteiger partial charge in [0.2, 0.25) is 0 Å². The van der Waals surface area contributed by atoms with Crippen molar-refractivity contribution in [1.29, 1.82) is 0 Å². The van der Waals surface area contributed by atoms with E-state index in [-0.39, 0.29) is 0 Å². The van der Waals surface area contributed by atoms with E-state index in [0.29, 0.717) is 0 Å². The summed E-state index contributed by atoms with van der Waals surface area (Å²) in [5.74, 6) is 0.926. The van der Waals surface area contributed by atoms with E-state index in [4.69, 9.17) is 0 Å². The van der Waals surface area contributed by atoms with Crippen LogP contribution in [0.25, 0.3) is 10.2 Å². The Balaban J connectivity index is 1.72. The van der Waals surface area contributed by atoms with Crippen LogP contribution < -0.4 is 5.32 Å². The fourth-order valence-electron chi connectivity index (χ4n) is 2.15. The van der Waals surface area contributed by atoms with Crippen molar-refractivity contribution in [3.63, 3.8) is 0 Å². The summed E-state index contributed by atoms with van der Waals surface area (Å²) in [6.45, 7) is 3.00. The fraction of sp³-hybridized carbons (Fsp3) is 0.357. The van der Waals surface area contributed by atoms with Gasteiger partial charge in [-0.3, -0.25) is 4.68 Å². The number of nitrogens with zero attached hydrogens (tertiary/aromatic N) is 4. The van der Waals surface area contributed by atoms with Crippen molar-refractivity contribution in [2.45, 2.75) is 19.8 Å². The van der Waals surface area contributed by atoms with Crippen LogP contribution in [0, 0.1) is 0 Å². The van der Waals surface area contributed by atoms with Gasteiger partial charge in [0.15, 0.2) is 0 Å². The highest BCUT2D eigenvalue weighted by Gasteiger charge is 2.07. The fourth-order valence-corrected chi connectivity index (χ4v) is 3.08. The summed E-state index contributed by atoms with van der Waals surface area (Å²) in [6, 6.07) is 2.19. The lowest BCUT2D eigenvalue weighted by atomic mass is 10.2. The topological polar surface area (TPSA) is 55.6 Å². The summed E-state index contributed by atoms with van der Waals surface area (Å²) >= 11 is 1.74. The quantitative estimate of drug-likeness (QED) is 0.784. The Labute approximate surface area is 121 Å². The molecule has 0 aliphatic heterocycles. The molecule has 104 valence electrons. The van der Waals surface area contributed by atoms with Crippen LogP contribution in [-0.2, 0) is 19.9 Å². The monoisotopic (exact) mass is 287 g/mol. The lowest BCUT2D eigenvalue weighted by molar-refractivity contribution is 0.767. The molecule has 0 aliphatic rings.